The van der Waals surface area contributed by atoms with Crippen LogP contribution >= 0.6 is 11.3 Å². The van der Waals surface area contributed by atoms with Crippen LogP contribution in [0.2, 0.25) is 0 Å². The Morgan fingerprint density at radius 2 is 2.22 bits per heavy atom. The molecule has 1 amide bonds. The normalized spacial score (nSPS) is 10.9. The van der Waals surface area contributed by atoms with Crippen molar-refractivity contribution in [3.63, 3.8) is 0 Å². The molecular weight excluding hydrogens is 248 g/mol. The van der Waals surface area contributed by atoms with Gasteiger partial charge in [0.25, 0.3) is 0 Å². The highest BCUT2D eigenvalue weighted by molar-refractivity contribution is 7.11. The van der Waals surface area contributed by atoms with Gasteiger partial charge in [0, 0.05) is 18.5 Å². The Balaban J connectivity index is 2.43. The zero-order chi connectivity index (χ0) is 13.5. The van der Waals surface area contributed by atoms with Gasteiger partial charge in [-0.05, 0) is 19.3 Å². The Morgan fingerprint density at radius 3 is 2.83 bits per heavy atom. The van der Waals surface area contributed by atoms with Gasteiger partial charge in [-0.25, -0.2) is 4.98 Å². The average Bonchev–Trinajstić information content (AvgIpc) is 2.59. The molecule has 0 aromatic carbocycles. The van der Waals surface area contributed by atoms with Gasteiger partial charge >= 0.3 is 0 Å². The van der Waals surface area contributed by atoms with Gasteiger partial charge in [-0.2, -0.15) is 0 Å². The van der Waals surface area contributed by atoms with Crippen molar-refractivity contribution in [2.45, 2.75) is 40.2 Å². The number of carbonyl (C=O) groups excluding carboxylic acids is 1. The van der Waals surface area contributed by atoms with E-state index in [2.05, 4.69) is 24.1 Å². The average molecular weight is 270 g/mol. The molecule has 1 heterocycles. The van der Waals surface area contributed by atoms with E-state index in [1.807, 2.05) is 6.92 Å². The number of hydrogen-bond donors (Lipinski definition) is 1. The molecule has 1 aromatic rings. The topological polar surface area (TPSA) is 51.2 Å². The molecule has 0 aliphatic carbocycles. The highest BCUT2D eigenvalue weighted by atomic mass is 32.1. The minimum Gasteiger partial charge on any atom is -0.378 e. The summed E-state index contributed by atoms with van der Waals surface area (Å²) in [5.41, 5.74) is 0.936. The lowest BCUT2D eigenvalue weighted by atomic mass is 10.1. The smallest absolute Gasteiger partial charge is 0.225 e. The summed E-state index contributed by atoms with van der Waals surface area (Å²) in [6, 6.07) is 0. The molecule has 1 N–H and O–H groups in total. The summed E-state index contributed by atoms with van der Waals surface area (Å²) >= 11 is 1.56. The zero-order valence-corrected chi connectivity index (χ0v) is 12.4. The van der Waals surface area contributed by atoms with Crippen LogP contribution in [-0.4, -0.2) is 24.5 Å². The van der Waals surface area contributed by atoms with Crippen molar-refractivity contribution in [3.8, 4) is 0 Å². The summed E-state index contributed by atoms with van der Waals surface area (Å²) in [6.45, 7) is 7.50. The number of aryl methyl sites for hydroxylation is 1. The standard InChI is InChI=1S/C13H22N2O2S/c1-9(2)5-6-14-12(16)7-11-10(3)15-13(18-11)8-17-4/h9H,5-8H2,1-4H3,(H,14,16). The van der Waals surface area contributed by atoms with Gasteiger partial charge in [-0.3, -0.25) is 4.79 Å². The molecule has 18 heavy (non-hydrogen) atoms. The third-order valence-corrected chi connectivity index (χ3v) is 3.70. The van der Waals surface area contributed by atoms with Crippen LogP contribution in [0.5, 0.6) is 0 Å². The first-order valence-electron chi connectivity index (χ1n) is 6.23. The molecule has 4 nitrogen and oxygen atoms in total. The number of hydrogen-bond acceptors (Lipinski definition) is 4. The number of thiazole rings is 1. The van der Waals surface area contributed by atoms with E-state index in [0.717, 1.165) is 28.5 Å². The van der Waals surface area contributed by atoms with Gasteiger partial charge in [-0.1, -0.05) is 13.8 Å². The molecule has 1 rings (SSSR count). The SMILES string of the molecule is COCc1nc(C)c(CC(=O)NCCC(C)C)s1. The number of aromatic nitrogens is 1. The van der Waals surface area contributed by atoms with E-state index in [1.54, 1.807) is 18.4 Å². The van der Waals surface area contributed by atoms with Gasteiger partial charge < -0.3 is 10.1 Å². The Hall–Kier alpha value is -0.940. The number of methoxy groups -OCH3 is 1. The fourth-order valence-electron chi connectivity index (χ4n) is 1.55. The molecular formula is C13H22N2O2S. The lowest BCUT2D eigenvalue weighted by molar-refractivity contribution is -0.120. The molecule has 0 saturated heterocycles. The molecule has 0 radical (unpaired) electrons. The molecule has 0 bridgehead atoms. The summed E-state index contributed by atoms with van der Waals surface area (Å²) in [6.07, 6.45) is 1.44. The Morgan fingerprint density at radius 1 is 1.50 bits per heavy atom. The minimum absolute atomic E-state index is 0.0753. The summed E-state index contributed by atoms with van der Waals surface area (Å²) in [5.74, 6) is 0.690. The quantitative estimate of drug-likeness (QED) is 0.827. The molecule has 0 unspecified atom stereocenters. The highest BCUT2D eigenvalue weighted by Crippen LogP contribution is 2.19. The van der Waals surface area contributed by atoms with Crippen molar-refractivity contribution in [1.29, 1.82) is 0 Å². The van der Waals surface area contributed by atoms with Crippen LogP contribution in [0.4, 0.5) is 0 Å². The number of carbonyl (C=O) groups is 1. The maximum Gasteiger partial charge on any atom is 0.225 e. The van der Waals surface area contributed by atoms with Gasteiger partial charge in [0.1, 0.15) is 5.01 Å². The molecule has 0 spiro atoms. The molecule has 102 valence electrons. The second-order valence-corrected chi connectivity index (χ2v) is 5.93. The van der Waals surface area contributed by atoms with Crippen molar-refractivity contribution < 1.29 is 9.53 Å². The van der Waals surface area contributed by atoms with Gasteiger partial charge in [-0.15, -0.1) is 11.3 Å². The Labute approximate surface area is 113 Å². The lowest BCUT2D eigenvalue weighted by Gasteiger charge is -2.06. The Bertz CT molecular complexity index is 388. The molecule has 5 heteroatoms. The van der Waals surface area contributed by atoms with Crippen molar-refractivity contribution in [2.75, 3.05) is 13.7 Å². The number of ether oxygens (including phenoxy) is 1. The number of nitrogens with one attached hydrogen (secondary N) is 1. The van der Waals surface area contributed by atoms with Crippen LogP contribution in [0.3, 0.4) is 0 Å². The third-order valence-electron chi connectivity index (χ3n) is 2.57. The van der Waals surface area contributed by atoms with Crippen LogP contribution in [-0.2, 0) is 22.6 Å². The molecule has 0 atom stereocenters. The first kappa shape index (κ1) is 15.1. The molecule has 0 saturated carbocycles. The zero-order valence-electron chi connectivity index (χ0n) is 11.6. The van der Waals surface area contributed by atoms with E-state index >= 15 is 0 Å². The van der Waals surface area contributed by atoms with E-state index in [0.29, 0.717) is 18.9 Å². The Kier molecular flexibility index (Phi) is 6.29. The van der Waals surface area contributed by atoms with Gasteiger partial charge in [0.05, 0.1) is 18.7 Å². The molecule has 0 aliphatic rings. The van der Waals surface area contributed by atoms with Crippen LogP contribution in [0.1, 0.15) is 35.8 Å². The predicted octanol–water partition coefficient (Wildman–Crippen LogP) is 2.30. The van der Waals surface area contributed by atoms with Crippen molar-refractivity contribution in [1.82, 2.24) is 10.3 Å². The summed E-state index contributed by atoms with van der Waals surface area (Å²) < 4.78 is 5.04. The van der Waals surface area contributed by atoms with Crippen LogP contribution < -0.4 is 5.32 Å². The van der Waals surface area contributed by atoms with E-state index in [4.69, 9.17) is 4.74 Å². The fraction of sp³-hybridized carbons (Fsp3) is 0.692. The van der Waals surface area contributed by atoms with E-state index in [-0.39, 0.29) is 5.91 Å². The van der Waals surface area contributed by atoms with E-state index < -0.39 is 0 Å². The van der Waals surface area contributed by atoms with Crippen molar-refractivity contribution in [2.24, 2.45) is 5.92 Å². The van der Waals surface area contributed by atoms with Crippen molar-refractivity contribution >= 4 is 17.2 Å². The van der Waals surface area contributed by atoms with Crippen LogP contribution in [0.25, 0.3) is 0 Å². The summed E-state index contributed by atoms with van der Waals surface area (Å²) in [7, 11) is 1.65. The molecule has 1 aromatic heterocycles. The summed E-state index contributed by atoms with van der Waals surface area (Å²) in [4.78, 5) is 17.2. The second-order valence-electron chi connectivity index (χ2n) is 4.76. The van der Waals surface area contributed by atoms with Crippen LogP contribution in [0.15, 0.2) is 0 Å². The number of rotatable bonds is 7. The monoisotopic (exact) mass is 270 g/mol. The first-order valence-corrected chi connectivity index (χ1v) is 7.05. The number of nitrogens with zero attached hydrogens (tertiary/aromatic N) is 1. The van der Waals surface area contributed by atoms with E-state index in [1.165, 1.54) is 0 Å². The molecule has 0 aliphatic heterocycles. The van der Waals surface area contributed by atoms with Crippen molar-refractivity contribution in [3.05, 3.63) is 15.6 Å². The fourth-order valence-corrected chi connectivity index (χ4v) is 2.59. The summed E-state index contributed by atoms with van der Waals surface area (Å²) in [5, 5.41) is 3.87. The third kappa shape index (κ3) is 5.14. The first-order chi connectivity index (χ1) is 8.52. The minimum atomic E-state index is 0.0753. The molecule has 0 fully saturated rings. The number of amides is 1. The van der Waals surface area contributed by atoms with E-state index in [9.17, 15) is 4.79 Å². The lowest BCUT2D eigenvalue weighted by Crippen LogP contribution is -2.26. The van der Waals surface area contributed by atoms with Gasteiger partial charge in [0.2, 0.25) is 5.91 Å². The largest absolute Gasteiger partial charge is 0.378 e. The van der Waals surface area contributed by atoms with Crippen LogP contribution in [0, 0.1) is 12.8 Å². The predicted molar refractivity (Wildman–Crippen MR) is 73.7 cm³/mol. The second kappa shape index (κ2) is 7.48. The highest BCUT2D eigenvalue weighted by Gasteiger charge is 2.11. The maximum absolute atomic E-state index is 11.7. The van der Waals surface area contributed by atoms with Gasteiger partial charge in [0.15, 0.2) is 0 Å². The maximum atomic E-state index is 11.7.